The highest BCUT2D eigenvalue weighted by Gasteiger charge is 2.13. The lowest BCUT2D eigenvalue weighted by Crippen LogP contribution is -2.10. The van der Waals surface area contributed by atoms with E-state index in [1.54, 1.807) is 10.9 Å². The molecular formula is C18H19N5O. The fourth-order valence-corrected chi connectivity index (χ4v) is 2.57. The van der Waals surface area contributed by atoms with Gasteiger partial charge in [0.25, 0.3) is 0 Å². The Morgan fingerprint density at radius 3 is 2.62 bits per heavy atom. The van der Waals surface area contributed by atoms with Crippen LogP contribution >= 0.6 is 0 Å². The van der Waals surface area contributed by atoms with E-state index in [1.165, 1.54) is 18.8 Å². The molecule has 0 spiro atoms. The second kappa shape index (κ2) is 6.62. The van der Waals surface area contributed by atoms with Crippen LogP contribution in [0.1, 0.15) is 41.5 Å². The van der Waals surface area contributed by atoms with E-state index in [0.717, 1.165) is 5.69 Å². The molecule has 1 N–H and O–H groups in total. The van der Waals surface area contributed by atoms with Crippen molar-refractivity contribution in [2.45, 2.75) is 26.8 Å². The topological polar surface area (TPSA) is 72.7 Å². The van der Waals surface area contributed by atoms with E-state index in [4.69, 9.17) is 0 Å². The molecule has 0 aliphatic rings. The van der Waals surface area contributed by atoms with Crippen LogP contribution in [0.15, 0.2) is 48.9 Å². The first-order valence-electron chi connectivity index (χ1n) is 7.75. The molecule has 6 heteroatoms. The first-order chi connectivity index (χ1) is 11.6. The summed E-state index contributed by atoms with van der Waals surface area (Å²) in [5, 5.41) is 7.62. The van der Waals surface area contributed by atoms with E-state index >= 15 is 0 Å². The maximum atomic E-state index is 11.6. The highest BCUT2D eigenvalue weighted by molar-refractivity contribution is 5.95. The molecule has 122 valence electrons. The highest BCUT2D eigenvalue weighted by Crippen LogP contribution is 2.19. The average molecular weight is 321 g/mol. The summed E-state index contributed by atoms with van der Waals surface area (Å²) in [6.07, 6.45) is 3.06. The van der Waals surface area contributed by atoms with Gasteiger partial charge in [-0.3, -0.25) is 4.79 Å². The van der Waals surface area contributed by atoms with Crippen LogP contribution in [0.3, 0.4) is 0 Å². The van der Waals surface area contributed by atoms with Crippen molar-refractivity contribution < 1.29 is 4.79 Å². The zero-order valence-electron chi connectivity index (χ0n) is 13.9. The summed E-state index contributed by atoms with van der Waals surface area (Å²) in [6.45, 7) is 5.46. The summed E-state index contributed by atoms with van der Waals surface area (Å²) < 4.78 is 1.65. The Balaban J connectivity index is 1.86. The van der Waals surface area contributed by atoms with Crippen molar-refractivity contribution >= 4 is 11.6 Å². The van der Waals surface area contributed by atoms with E-state index in [9.17, 15) is 4.79 Å². The van der Waals surface area contributed by atoms with E-state index in [2.05, 4.69) is 39.4 Å². The molecule has 6 nitrogen and oxygen atoms in total. The van der Waals surface area contributed by atoms with Crippen LogP contribution in [0, 0.1) is 6.92 Å². The van der Waals surface area contributed by atoms with Gasteiger partial charge in [-0.25, -0.2) is 14.6 Å². The normalized spacial score (nSPS) is 12.0. The van der Waals surface area contributed by atoms with Gasteiger partial charge in [-0.2, -0.15) is 5.10 Å². The number of hydrogen-bond acceptors (Lipinski definition) is 5. The van der Waals surface area contributed by atoms with Crippen molar-refractivity contribution in [1.29, 1.82) is 0 Å². The van der Waals surface area contributed by atoms with Crippen LogP contribution in [-0.4, -0.2) is 25.5 Å². The number of aromatic nitrogens is 4. The third-order valence-electron chi connectivity index (χ3n) is 3.92. The zero-order chi connectivity index (χ0) is 17.1. The van der Waals surface area contributed by atoms with E-state index in [0.29, 0.717) is 17.2 Å². The lowest BCUT2D eigenvalue weighted by molar-refractivity contribution is 0.101. The molecule has 1 atom stereocenters. The van der Waals surface area contributed by atoms with Crippen molar-refractivity contribution in [3.05, 3.63) is 65.7 Å². The zero-order valence-corrected chi connectivity index (χ0v) is 13.9. The van der Waals surface area contributed by atoms with E-state index in [-0.39, 0.29) is 11.8 Å². The number of carbonyl (C=O) groups excluding carboxylic acids is 1. The largest absolute Gasteiger partial charge is 0.363 e. The van der Waals surface area contributed by atoms with Crippen molar-refractivity contribution in [1.82, 2.24) is 19.7 Å². The second-order valence-electron chi connectivity index (χ2n) is 5.65. The number of anilines is 1. The Bertz CT molecular complexity index is 857. The molecule has 0 unspecified atom stereocenters. The SMILES string of the molecule is CC(=O)c1cnn(-c2cc(N[C@H](C)c3ccccc3)ncn2)c1C. The summed E-state index contributed by atoms with van der Waals surface area (Å²) in [5.41, 5.74) is 2.54. The van der Waals surface area contributed by atoms with Crippen LogP contribution in [0.25, 0.3) is 5.82 Å². The number of carbonyl (C=O) groups is 1. The minimum Gasteiger partial charge on any atom is -0.363 e. The summed E-state index contributed by atoms with van der Waals surface area (Å²) in [4.78, 5) is 20.1. The molecule has 0 saturated carbocycles. The van der Waals surface area contributed by atoms with Gasteiger partial charge in [0.1, 0.15) is 12.1 Å². The summed E-state index contributed by atoms with van der Waals surface area (Å²) in [5.74, 6) is 1.32. The maximum absolute atomic E-state index is 11.6. The van der Waals surface area contributed by atoms with Crippen LogP contribution in [0.5, 0.6) is 0 Å². The van der Waals surface area contributed by atoms with Gasteiger partial charge >= 0.3 is 0 Å². The predicted octanol–water partition coefficient (Wildman–Crippen LogP) is 3.35. The third kappa shape index (κ3) is 3.17. The molecule has 0 bridgehead atoms. The number of Topliss-reactive ketones (excluding diaryl/α,β-unsaturated/α-hetero) is 1. The van der Waals surface area contributed by atoms with Crippen LogP contribution in [0.4, 0.5) is 5.82 Å². The lowest BCUT2D eigenvalue weighted by Gasteiger charge is -2.15. The molecule has 2 heterocycles. The average Bonchev–Trinajstić information content (AvgIpc) is 2.97. The first kappa shape index (κ1) is 15.9. The summed E-state index contributed by atoms with van der Waals surface area (Å²) in [7, 11) is 0. The molecule has 0 amide bonds. The van der Waals surface area contributed by atoms with Crippen molar-refractivity contribution in [3.63, 3.8) is 0 Å². The minimum absolute atomic E-state index is 0.0103. The quantitative estimate of drug-likeness (QED) is 0.730. The smallest absolute Gasteiger partial charge is 0.163 e. The standard InChI is InChI=1S/C18H19N5O/c1-12(15-7-5-4-6-8-15)22-17-9-18(20-11-19-17)23-13(2)16(10-21-23)14(3)24/h4-12H,1-3H3,(H,19,20,22)/t12-/m1/s1. The lowest BCUT2D eigenvalue weighted by atomic mass is 10.1. The highest BCUT2D eigenvalue weighted by atomic mass is 16.1. The van der Waals surface area contributed by atoms with Gasteiger partial charge in [-0.15, -0.1) is 0 Å². The Kier molecular flexibility index (Phi) is 4.37. The Morgan fingerprint density at radius 2 is 1.96 bits per heavy atom. The molecule has 0 radical (unpaired) electrons. The van der Waals surface area contributed by atoms with Gasteiger partial charge in [-0.1, -0.05) is 30.3 Å². The van der Waals surface area contributed by atoms with Gasteiger partial charge in [-0.05, 0) is 26.3 Å². The van der Waals surface area contributed by atoms with E-state index in [1.807, 2.05) is 31.2 Å². The number of rotatable bonds is 5. The Hall–Kier alpha value is -3.02. The first-order valence-corrected chi connectivity index (χ1v) is 7.75. The minimum atomic E-state index is -0.0103. The molecule has 0 fully saturated rings. The fourth-order valence-electron chi connectivity index (χ4n) is 2.57. The summed E-state index contributed by atoms with van der Waals surface area (Å²) >= 11 is 0. The van der Waals surface area contributed by atoms with Crippen LogP contribution < -0.4 is 5.32 Å². The van der Waals surface area contributed by atoms with Gasteiger partial charge in [0, 0.05) is 12.1 Å². The Morgan fingerprint density at radius 1 is 1.21 bits per heavy atom. The monoisotopic (exact) mass is 321 g/mol. The molecule has 0 saturated heterocycles. The number of ketones is 1. The third-order valence-corrected chi connectivity index (χ3v) is 3.92. The van der Waals surface area contributed by atoms with Crippen molar-refractivity contribution in [2.24, 2.45) is 0 Å². The number of hydrogen-bond donors (Lipinski definition) is 1. The number of nitrogens with zero attached hydrogens (tertiary/aromatic N) is 4. The molecule has 3 rings (SSSR count). The molecule has 0 aliphatic heterocycles. The van der Waals surface area contributed by atoms with Gasteiger partial charge < -0.3 is 5.32 Å². The van der Waals surface area contributed by atoms with Crippen molar-refractivity contribution in [3.8, 4) is 5.82 Å². The molecule has 3 aromatic rings. The predicted molar refractivity (Wildman–Crippen MR) is 92.4 cm³/mol. The second-order valence-corrected chi connectivity index (χ2v) is 5.65. The van der Waals surface area contributed by atoms with Gasteiger partial charge in [0.15, 0.2) is 11.6 Å². The Labute approximate surface area is 140 Å². The molecule has 1 aromatic carbocycles. The van der Waals surface area contributed by atoms with Gasteiger partial charge in [0.2, 0.25) is 0 Å². The number of nitrogens with one attached hydrogen (secondary N) is 1. The van der Waals surface area contributed by atoms with Crippen molar-refractivity contribution in [2.75, 3.05) is 5.32 Å². The van der Waals surface area contributed by atoms with Crippen LogP contribution in [0.2, 0.25) is 0 Å². The molecule has 0 aliphatic carbocycles. The molecule has 24 heavy (non-hydrogen) atoms. The molecule has 2 aromatic heterocycles. The maximum Gasteiger partial charge on any atom is 0.163 e. The fraction of sp³-hybridized carbons (Fsp3) is 0.222. The van der Waals surface area contributed by atoms with E-state index < -0.39 is 0 Å². The van der Waals surface area contributed by atoms with Gasteiger partial charge in [0.05, 0.1) is 17.5 Å². The number of benzene rings is 1. The molecular weight excluding hydrogens is 302 g/mol. The summed E-state index contributed by atoms with van der Waals surface area (Å²) in [6, 6.07) is 12.1. The van der Waals surface area contributed by atoms with Crippen LogP contribution in [-0.2, 0) is 0 Å².